The van der Waals surface area contributed by atoms with E-state index >= 15 is 0 Å². The van der Waals surface area contributed by atoms with E-state index in [1.807, 2.05) is 19.3 Å². The number of rotatable bonds is 8. The van der Waals surface area contributed by atoms with Gasteiger partial charge < -0.3 is 10.1 Å². The van der Waals surface area contributed by atoms with E-state index in [1.54, 1.807) is 23.3 Å². The van der Waals surface area contributed by atoms with Crippen LogP contribution in [-0.4, -0.2) is 47.0 Å². The summed E-state index contributed by atoms with van der Waals surface area (Å²) in [4.78, 5) is 26.4. The van der Waals surface area contributed by atoms with Crippen LogP contribution in [0.25, 0.3) is 5.70 Å². The highest BCUT2D eigenvalue weighted by atomic mass is 35.5. The van der Waals surface area contributed by atoms with Crippen LogP contribution in [0.4, 0.5) is 0 Å². The molecule has 1 aliphatic heterocycles. The number of carbonyl (C=O) groups is 1. The second-order valence-electron chi connectivity index (χ2n) is 8.06. The number of hydrogen-bond acceptors (Lipinski definition) is 7. The third-order valence-electron chi connectivity index (χ3n) is 5.88. The highest BCUT2D eigenvalue weighted by Crippen LogP contribution is 2.38. The molecule has 1 saturated carbocycles. The van der Waals surface area contributed by atoms with Crippen LogP contribution in [0.3, 0.4) is 0 Å². The van der Waals surface area contributed by atoms with Gasteiger partial charge in [-0.1, -0.05) is 17.7 Å². The van der Waals surface area contributed by atoms with E-state index in [2.05, 4.69) is 26.2 Å². The number of fused-ring (bicyclic) bond motifs is 2. The van der Waals surface area contributed by atoms with Crippen molar-refractivity contribution in [2.45, 2.75) is 31.9 Å². The van der Waals surface area contributed by atoms with Crippen molar-refractivity contribution in [2.24, 2.45) is 17.1 Å². The Kier molecular flexibility index (Phi) is 7.39. The Balaban J connectivity index is 0.000000260. The molecule has 10 heteroatoms. The lowest BCUT2D eigenvalue weighted by Gasteiger charge is -2.32. The molecule has 0 bridgehead atoms. The first-order valence-electron chi connectivity index (χ1n) is 10.6. The van der Waals surface area contributed by atoms with Gasteiger partial charge in [-0.05, 0) is 56.5 Å². The summed E-state index contributed by atoms with van der Waals surface area (Å²) < 4.78 is 8.58. The van der Waals surface area contributed by atoms with Gasteiger partial charge in [0.1, 0.15) is 12.4 Å². The van der Waals surface area contributed by atoms with Crippen molar-refractivity contribution in [2.75, 3.05) is 20.1 Å². The number of imidazole rings is 1. The van der Waals surface area contributed by atoms with Crippen molar-refractivity contribution in [3.63, 3.8) is 0 Å². The minimum Gasteiger partial charge on any atom is -0.488 e. The molecule has 8 nitrogen and oxygen atoms in total. The number of carbonyl (C=O) groups excluding carboxylic acids is 1. The van der Waals surface area contributed by atoms with E-state index < -0.39 is 0 Å². The Morgan fingerprint density at radius 3 is 2.94 bits per heavy atom. The summed E-state index contributed by atoms with van der Waals surface area (Å²) in [6.45, 7) is 2.10. The number of hydrogen-bond donors (Lipinski definition) is 1. The Hall–Kier alpha value is -2.49. The summed E-state index contributed by atoms with van der Waals surface area (Å²) in [7, 11) is 1.96. The maximum atomic E-state index is 11.5. The van der Waals surface area contributed by atoms with Crippen LogP contribution in [0.1, 0.15) is 34.8 Å². The number of aldehydes is 1. The number of allylic oxidation sites excluding steroid dienone is 2. The maximum absolute atomic E-state index is 11.5. The fourth-order valence-corrected chi connectivity index (χ4v) is 4.97. The average Bonchev–Trinajstić information content (AvgIpc) is 3.39. The standard InChI is InChI=1S/C17H23N5O2.C5H3ClOS/c1-18-9-13(12-2-3-12)10-22(20-23)14-4-5-15-16(8-14)24-11-17-19-6-7-21(15)17;6-5-2-1-4(3-7)8-5/h4-7,12-14,18H,2-3,8-11H2,1H3;1-3H. The molecule has 0 saturated heterocycles. The second kappa shape index (κ2) is 10.4. The molecule has 0 radical (unpaired) electrons. The molecule has 2 atom stereocenters. The topological polar surface area (TPSA) is 88.8 Å². The fraction of sp³-hybridized carbons (Fsp3) is 0.455. The number of nitrogens with one attached hydrogen (secondary N) is 1. The molecule has 1 fully saturated rings. The van der Waals surface area contributed by atoms with E-state index in [-0.39, 0.29) is 6.04 Å². The van der Waals surface area contributed by atoms with Gasteiger partial charge in [0.2, 0.25) is 0 Å². The number of ether oxygens (including phenoxy) is 1. The lowest BCUT2D eigenvalue weighted by atomic mass is 9.99. The second-order valence-corrected chi connectivity index (χ2v) is 9.81. The van der Waals surface area contributed by atoms with Crippen LogP contribution in [0, 0.1) is 16.7 Å². The molecule has 5 rings (SSSR count). The molecule has 3 heterocycles. The molecule has 0 spiro atoms. The Morgan fingerprint density at radius 1 is 1.47 bits per heavy atom. The highest BCUT2D eigenvalue weighted by molar-refractivity contribution is 7.17. The van der Waals surface area contributed by atoms with Crippen molar-refractivity contribution < 1.29 is 9.53 Å². The first-order chi connectivity index (χ1) is 15.6. The van der Waals surface area contributed by atoms with Crippen LogP contribution in [0.2, 0.25) is 4.34 Å². The van der Waals surface area contributed by atoms with Crippen molar-refractivity contribution in [1.29, 1.82) is 0 Å². The lowest BCUT2D eigenvalue weighted by molar-refractivity contribution is 0.112. The lowest BCUT2D eigenvalue weighted by Crippen LogP contribution is -2.38. The summed E-state index contributed by atoms with van der Waals surface area (Å²) in [6.07, 6.45) is 11.8. The molecule has 3 aliphatic rings. The third-order valence-corrected chi connectivity index (χ3v) is 7.04. The van der Waals surface area contributed by atoms with Crippen molar-refractivity contribution in [3.8, 4) is 0 Å². The Labute approximate surface area is 195 Å². The molecule has 2 aliphatic carbocycles. The molecular formula is C22H26ClN5O3S. The number of aromatic nitrogens is 2. The van der Waals surface area contributed by atoms with Gasteiger partial charge in [-0.15, -0.1) is 16.2 Å². The van der Waals surface area contributed by atoms with E-state index in [0.29, 0.717) is 34.7 Å². The zero-order valence-electron chi connectivity index (χ0n) is 17.8. The SMILES string of the molecule is CNCC(CN(N=O)C1C=CC2=C(C1)OCc1nccn12)C1CC1.O=Cc1ccc(Cl)s1. The van der Waals surface area contributed by atoms with Crippen LogP contribution < -0.4 is 5.32 Å². The van der Waals surface area contributed by atoms with Crippen LogP contribution >= 0.6 is 22.9 Å². The van der Waals surface area contributed by atoms with Crippen LogP contribution in [0.5, 0.6) is 0 Å². The molecule has 2 unspecified atom stereocenters. The van der Waals surface area contributed by atoms with Crippen LogP contribution in [-0.2, 0) is 11.3 Å². The molecular weight excluding hydrogens is 450 g/mol. The predicted octanol–water partition coefficient (Wildman–Crippen LogP) is 4.35. The number of thiophene rings is 1. The van der Waals surface area contributed by atoms with Gasteiger partial charge in [-0.3, -0.25) is 14.4 Å². The van der Waals surface area contributed by atoms with Gasteiger partial charge in [0.25, 0.3) is 0 Å². The van der Waals surface area contributed by atoms with E-state index in [0.717, 1.165) is 36.0 Å². The molecule has 0 aromatic carbocycles. The predicted molar refractivity (Wildman–Crippen MR) is 125 cm³/mol. The monoisotopic (exact) mass is 475 g/mol. The first-order valence-corrected chi connectivity index (χ1v) is 11.8. The van der Waals surface area contributed by atoms with Gasteiger partial charge in [-0.25, -0.2) is 4.98 Å². The number of halogens is 1. The van der Waals surface area contributed by atoms with Gasteiger partial charge >= 0.3 is 0 Å². The van der Waals surface area contributed by atoms with Crippen molar-refractivity contribution >= 4 is 34.9 Å². The molecule has 2 aromatic rings. The quantitative estimate of drug-likeness (QED) is 0.347. The summed E-state index contributed by atoms with van der Waals surface area (Å²) in [5.74, 6) is 3.02. The van der Waals surface area contributed by atoms with E-state index in [4.69, 9.17) is 16.3 Å². The average molecular weight is 476 g/mol. The number of nitrogens with zero attached hydrogens (tertiary/aromatic N) is 4. The summed E-state index contributed by atoms with van der Waals surface area (Å²) in [6, 6.07) is 3.36. The largest absolute Gasteiger partial charge is 0.488 e. The molecule has 1 N–H and O–H groups in total. The third kappa shape index (κ3) is 5.28. The molecule has 0 amide bonds. The van der Waals surface area contributed by atoms with Crippen molar-refractivity contribution in [3.05, 3.63) is 62.4 Å². The van der Waals surface area contributed by atoms with Gasteiger partial charge in [0.05, 0.1) is 26.2 Å². The zero-order chi connectivity index (χ0) is 22.5. The smallest absolute Gasteiger partial charge is 0.160 e. The maximum Gasteiger partial charge on any atom is 0.160 e. The fourth-order valence-electron chi connectivity index (χ4n) is 4.09. The number of nitroso groups, excluding NO2 is 1. The summed E-state index contributed by atoms with van der Waals surface area (Å²) >= 11 is 6.78. The van der Waals surface area contributed by atoms with E-state index in [9.17, 15) is 9.70 Å². The minimum absolute atomic E-state index is 0.0376. The Morgan fingerprint density at radius 2 is 2.31 bits per heavy atom. The summed E-state index contributed by atoms with van der Waals surface area (Å²) in [5.41, 5.74) is 1.02. The van der Waals surface area contributed by atoms with E-state index in [1.165, 1.54) is 24.2 Å². The molecule has 32 heavy (non-hydrogen) atoms. The minimum atomic E-state index is -0.0376. The summed E-state index contributed by atoms with van der Waals surface area (Å²) in [5, 5.41) is 8.25. The van der Waals surface area contributed by atoms with Crippen molar-refractivity contribution in [1.82, 2.24) is 19.9 Å². The van der Waals surface area contributed by atoms with Gasteiger partial charge in [0.15, 0.2) is 12.1 Å². The zero-order valence-corrected chi connectivity index (χ0v) is 19.4. The Bertz CT molecular complexity index is 1010. The van der Waals surface area contributed by atoms with Gasteiger partial charge in [0, 0.05) is 25.4 Å². The normalized spacial score (nSPS) is 19.8. The highest BCUT2D eigenvalue weighted by Gasteiger charge is 2.35. The molecule has 2 aromatic heterocycles. The van der Waals surface area contributed by atoms with Crippen LogP contribution in [0.15, 0.2) is 47.7 Å². The molecule has 170 valence electrons. The van der Waals surface area contributed by atoms with Gasteiger partial charge in [-0.2, -0.15) is 0 Å². The first kappa shape index (κ1) is 22.7.